The van der Waals surface area contributed by atoms with Gasteiger partial charge < -0.3 is 41.9 Å². The fourth-order valence-corrected chi connectivity index (χ4v) is 9.10. The van der Waals surface area contributed by atoms with Gasteiger partial charge in [-0.3, -0.25) is 0 Å². The SMILES string of the molecule is CCCCCCCCC(CCCCCCC)O[PH](=O)[O-].CCCCCCCCC(CCCCCCC)O[PH](=O)[O-].CCCCCCCCC(CCCCCCC)O[PH](=O)[O-].[Nd+3]. The van der Waals surface area contributed by atoms with Crippen molar-refractivity contribution < 1.29 is 82.8 Å². The Morgan fingerprint density at radius 2 is 0.410 bits per heavy atom. The summed E-state index contributed by atoms with van der Waals surface area (Å²) in [6.45, 7) is 13.3. The molecule has 9 nitrogen and oxygen atoms in total. The van der Waals surface area contributed by atoms with Gasteiger partial charge in [-0.2, -0.15) is 0 Å². The minimum Gasteiger partial charge on any atom is -0.781 e. The zero-order valence-corrected chi connectivity index (χ0v) is 47.2. The van der Waals surface area contributed by atoms with Crippen LogP contribution in [-0.2, 0) is 27.3 Å². The first-order valence-corrected chi connectivity index (χ1v) is 29.4. The summed E-state index contributed by atoms with van der Waals surface area (Å²) in [7, 11) is -9.09. The maximum Gasteiger partial charge on any atom is 3.00 e. The Kier molecular flexibility index (Phi) is 68.0. The van der Waals surface area contributed by atoms with Gasteiger partial charge in [0.1, 0.15) is 24.8 Å². The molecule has 0 aliphatic rings. The fourth-order valence-electron chi connectivity index (χ4n) is 7.58. The van der Waals surface area contributed by atoms with Crippen LogP contribution in [0.5, 0.6) is 0 Å². The Hall–Kier alpha value is 1.80. The molecule has 6 atom stereocenters. The standard InChI is InChI=1S/3C16H35O3P.Nd/c3*1-3-5-7-9-11-13-15-16(19-20(17)18)14-12-10-8-6-4-2;/h3*16,20H,3-15H2,1-2H3,(H,17,18);/q;;;+3/p-3. The van der Waals surface area contributed by atoms with E-state index in [1.54, 1.807) is 0 Å². The van der Waals surface area contributed by atoms with Crippen LogP contribution < -0.4 is 14.7 Å². The first-order chi connectivity index (χ1) is 29.1. The second-order valence-corrected chi connectivity index (χ2v) is 19.5. The van der Waals surface area contributed by atoms with Gasteiger partial charge in [0, 0.05) is 0 Å². The van der Waals surface area contributed by atoms with Gasteiger partial charge in [-0.15, -0.1) is 0 Å². The van der Waals surface area contributed by atoms with Crippen LogP contribution in [0.25, 0.3) is 0 Å². The van der Waals surface area contributed by atoms with Crippen molar-refractivity contribution in [1.29, 1.82) is 0 Å². The molecule has 0 spiro atoms. The molecular formula is C48H102NdO9P3. The Balaban J connectivity index is -0.000000396. The van der Waals surface area contributed by atoms with Crippen LogP contribution in [0, 0.1) is 40.8 Å². The smallest absolute Gasteiger partial charge is 0.781 e. The van der Waals surface area contributed by atoms with E-state index in [-0.39, 0.29) is 59.2 Å². The zero-order chi connectivity index (χ0) is 45.2. The second-order valence-electron chi connectivity index (χ2n) is 17.2. The summed E-state index contributed by atoms with van der Waals surface area (Å²) in [5, 5.41) is 0. The minimum absolute atomic E-state index is 0. The van der Waals surface area contributed by atoms with Crippen molar-refractivity contribution >= 4 is 24.8 Å². The molecule has 0 aromatic heterocycles. The molecule has 0 saturated heterocycles. The van der Waals surface area contributed by atoms with Gasteiger partial charge in [0.25, 0.3) is 0 Å². The molecule has 13 heteroatoms. The summed E-state index contributed by atoms with van der Waals surface area (Å²) in [6, 6.07) is 0. The van der Waals surface area contributed by atoms with Crippen LogP contribution in [0.1, 0.15) is 292 Å². The third kappa shape index (κ3) is 63.9. The first-order valence-electron chi connectivity index (χ1n) is 25.7. The van der Waals surface area contributed by atoms with Gasteiger partial charge in [-0.25, -0.2) is 0 Å². The molecule has 0 bridgehead atoms. The molecule has 0 heterocycles. The Bertz CT molecular complexity index is 782. The van der Waals surface area contributed by atoms with E-state index in [4.69, 9.17) is 13.6 Å². The van der Waals surface area contributed by atoms with E-state index in [0.717, 1.165) is 77.0 Å². The molecule has 0 saturated carbocycles. The van der Waals surface area contributed by atoms with E-state index in [9.17, 15) is 28.4 Å². The van der Waals surface area contributed by atoms with Gasteiger partial charge in [0.05, 0.1) is 18.3 Å². The summed E-state index contributed by atoms with van der Waals surface area (Å²) in [4.78, 5) is 32.3. The van der Waals surface area contributed by atoms with E-state index in [1.165, 1.54) is 173 Å². The van der Waals surface area contributed by atoms with Crippen LogP contribution in [0.3, 0.4) is 0 Å². The first kappa shape index (κ1) is 69.4. The average molecular weight is 1060 g/mol. The van der Waals surface area contributed by atoms with Gasteiger partial charge in [-0.05, 0) is 38.5 Å². The van der Waals surface area contributed by atoms with Crippen LogP contribution >= 0.6 is 24.8 Å². The van der Waals surface area contributed by atoms with Gasteiger partial charge in [0.15, 0.2) is 0 Å². The fraction of sp³-hybridized carbons (Fsp3) is 1.00. The number of rotatable bonds is 45. The monoisotopic (exact) mass is 1060 g/mol. The van der Waals surface area contributed by atoms with Crippen molar-refractivity contribution in [3.05, 3.63) is 0 Å². The molecule has 0 aromatic rings. The van der Waals surface area contributed by atoms with Gasteiger partial charge in [-0.1, -0.05) is 253 Å². The van der Waals surface area contributed by atoms with Crippen molar-refractivity contribution in [2.24, 2.45) is 0 Å². The maximum absolute atomic E-state index is 10.8. The number of hydrogen-bond donors (Lipinski definition) is 0. The van der Waals surface area contributed by atoms with E-state index in [0.29, 0.717) is 0 Å². The molecule has 6 unspecified atom stereocenters. The Morgan fingerprint density at radius 1 is 0.279 bits per heavy atom. The van der Waals surface area contributed by atoms with Crippen molar-refractivity contribution in [1.82, 2.24) is 0 Å². The molecule has 0 amide bonds. The average Bonchev–Trinajstić information content (AvgIpc) is 3.21. The zero-order valence-electron chi connectivity index (χ0n) is 41.0. The largest absolute Gasteiger partial charge is 3.00 e. The van der Waals surface area contributed by atoms with Gasteiger partial charge >= 0.3 is 40.8 Å². The third-order valence-corrected chi connectivity index (χ3v) is 12.9. The second kappa shape index (κ2) is 59.8. The Labute approximate surface area is 414 Å². The van der Waals surface area contributed by atoms with E-state index < -0.39 is 24.8 Å². The minimum atomic E-state index is -3.03. The molecule has 0 N–H and O–H groups in total. The summed E-state index contributed by atoms with van der Waals surface area (Å²) in [5.74, 6) is 0. The predicted molar refractivity (Wildman–Crippen MR) is 256 cm³/mol. The predicted octanol–water partition coefficient (Wildman–Crippen LogP) is 15.7. The topological polar surface area (TPSA) is 148 Å². The molecule has 0 aliphatic heterocycles. The normalized spacial score (nSPS) is 14.1. The van der Waals surface area contributed by atoms with E-state index in [1.807, 2.05) is 0 Å². The molecule has 1 radical (unpaired) electrons. The van der Waals surface area contributed by atoms with Gasteiger partial charge in [0.2, 0.25) is 0 Å². The number of unbranched alkanes of at least 4 members (excludes halogenated alkanes) is 27. The van der Waals surface area contributed by atoms with Crippen LogP contribution in [0.2, 0.25) is 0 Å². The molecule has 0 fully saturated rings. The van der Waals surface area contributed by atoms with Crippen LogP contribution in [0.4, 0.5) is 0 Å². The quantitative estimate of drug-likeness (QED) is 0.0429. The van der Waals surface area contributed by atoms with Crippen molar-refractivity contribution in [3.8, 4) is 0 Å². The molecule has 0 rings (SSSR count). The van der Waals surface area contributed by atoms with E-state index >= 15 is 0 Å². The van der Waals surface area contributed by atoms with Crippen LogP contribution in [0.15, 0.2) is 0 Å². The van der Waals surface area contributed by atoms with Crippen molar-refractivity contribution in [2.45, 2.75) is 310 Å². The van der Waals surface area contributed by atoms with E-state index in [2.05, 4.69) is 41.5 Å². The maximum atomic E-state index is 10.8. The molecule has 0 aromatic carbocycles. The Morgan fingerprint density at radius 3 is 0.541 bits per heavy atom. The van der Waals surface area contributed by atoms with Crippen molar-refractivity contribution in [3.63, 3.8) is 0 Å². The summed E-state index contributed by atoms with van der Waals surface area (Å²) < 4.78 is 47.5. The molecule has 0 aliphatic carbocycles. The van der Waals surface area contributed by atoms with Crippen LogP contribution in [-0.4, -0.2) is 18.3 Å². The molecule has 367 valence electrons. The molecular weight excluding hydrogens is 958 g/mol. The third-order valence-electron chi connectivity index (χ3n) is 11.3. The summed E-state index contributed by atoms with van der Waals surface area (Å²) in [6.07, 6.45) is 45.8. The summed E-state index contributed by atoms with van der Waals surface area (Å²) in [5.41, 5.74) is 0. The number of hydrogen-bond acceptors (Lipinski definition) is 9. The van der Waals surface area contributed by atoms with Crippen molar-refractivity contribution in [2.75, 3.05) is 0 Å². The summed E-state index contributed by atoms with van der Waals surface area (Å²) >= 11 is 0. The molecule has 61 heavy (non-hydrogen) atoms.